The molecule has 0 aliphatic heterocycles. The maximum absolute atomic E-state index is 11.9. The maximum Gasteiger partial charge on any atom is 0.251 e. The molecule has 5 N–H and O–H groups in total. The van der Waals surface area contributed by atoms with Crippen LogP contribution in [-0.2, 0) is 0 Å². The van der Waals surface area contributed by atoms with Gasteiger partial charge in [-0.15, -0.1) is 0 Å². The number of nitrogens with two attached hydrogens (primary N) is 2. The van der Waals surface area contributed by atoms with Gasteiger partial charge in [-0.1, -0.05) is 18.2 Å². The summed E-state index contributed by atoms with van der Waals surface area (Å²) < 4.78 is 0. The summed E-state index contributed by atoms with van der Waals surface area (Å²) in [5.41, 5.74) is 12.5. The monoisotopic (exact) mass is 233 g/mol. The van der Waals surface area contributed by atoms with Crippen LogP contribution in [0.5, 0.6) is 0 Å². The van der Waals surface area contributed by atoms with E-state index < -0.39 is 0 Å². The van der Waals surface area contributed by atoms with Crippen LogP contribution in [-0.4, -0.2) is 24.0 Å². The Morgan fingerprint density at radius 2 is 1.65 bits per heavy atom. The number of hydrogen-bond donors (Lipinski definition) is 3. The van der Waals surface area contributed by atoms with Gasteiger partial charge in [-0.25, -0.2) is 0 Å². The summed E-state index contributed by atoms with van der Waals surface area (Å²) in [6, 6.07) is 9.50. The molecule has 1 aromatic carbocycles. The van der Waals surface area contributed by atoms with Crippen molar-refractivity contribution in [3.05, 3.63) is 35.9 Å². The van der Waals surface area contributed by atoms with Crippen molar-refractivity contribution in [2.45, 2.75) is 37.4 Å². The fraction of sp³-hybridized carbons (Fsp3) is 0.462. The molecule has 1 aliphatic rings. The van der Waals surface area contributed by atoms with Crippen molar-refractivity contribution in [3.8, 4) is 0 Å². The third kappa shape index (κ3) is 3.28. The summed E-state index contributed by atoms with van der Waals surface area (Å²) in [6.07, 6.45) is 2.47. The standard InChI is InChI=1S/C13H19N3O/c14-10-6-11(15)8-12(7-10)16-13(17)9-4-2-1-3-5-9/h1-5,10-12H,6-8,14-15H2,(H,16,17). The molecule has 0 bridgehead atoms. The molecule has 92 valence electrons. The van der Waals surface area contributed by atoms with Gasteiger partial charge in [0.15, 0.2) is 0 Å². The molecule has 1 aliphatic carbocycles. The minimum Gasteiger partial charge on any atom is -0.349 e. The third-order valence-corrected chi connectivity index (χ3v) is 3.15. The van der Waals surface area contributed by atoms with Crippen molar-refractivity contribution < 1.29 is 4.79 Å². The molecule has 2 unspecified atom stereocenters. The first-order valence-corrected chi connectivity index (χ1v) is 6.02. The largest absolute Gasteiger partial charge is 0.349 e. The van der Waals surface area contributed by atoms with Crippen molar-refractivity contribution in [3.63, 3.8) is 0 Å². The van der Waals surface area contributed by atoms with Crippen molar-refractivity contribution in [1.29, 1.82) is 0 Å². The Labute approximate surface area is 101 Å². The number of hydrogen-bond acceptors (Lipinski definition) is 3. The number of nitrogens with one attached hydrogen (secondary N) is 1. The van der Waals surface area contributed by atoms with Gasteiger partial charge in [0.2, 0.25) is 0 Å². The SMILES string of the molecule is NC1CC(N)CC(NC(=O)c2ccccc2)C1. The molecule has 4 heteroatoms. The summed E-state index contributed by atoms with van der Waals surface area (Å²) in [6.45, 7) is 0. The van der Waals surface area contributed by atoms with Crippen LogP contribution in [0.15, 0.2) is 30.3 Å². The summed E-state index contributed by atoms with van der Waals surface area (Å²) >= 11 is 0. The van der Waals surface area contributed by atoms with E-state index in [1.807, 2.05) is 18.2 Å². The van der Waals surface area contributed by atoms with Gasteiger partial charge in [-0.3, -0.25) is 4.79 Å². The van der Waals surface area contributed by atoms with E-state index in [1.54, 1.807) is 12.1 Å². The molecule has 1 amide bonds. The van der Waals surface area contributed by atoms with Gasteiger partial charge in [-0.2, -0.15) is 0 Å². The maximum atomic E-state index is 11.9. The van der Waals surface area contributed by atoms with Gasteiger partial charge in [0.25, 0.3) is 5.91 Å². The van der Waals surface area contributed by atoms with E-state index in [-0.39, 0.29) is 24.0 Å². The highest BCUT2D eigenvalue weighted by Gasteiger charge is 2.25. The molecule has 4 nitrogen and oxygen atoms in total. The second-order valence-corrected chi connectivity index (χ2v) is 4.76. The first kappa shape index (κ1) is 12.1. The topological polar surface area (TPSA) is 81.1 Å². The Bertz CT molecular complexity index is 370. The highest BCUT2D eigenvalue weighted by molar-refractivity contribution is 5.94. The van der Waals surface area contributed by atoms with Crippen LogP contribution in [0.2, 0.25) is 0 Å². The average molecular weight is 233 g/mol. The Morgan fingerprint density at radius 1 is 1.06 bits per heavy atom. The van der Waals surface area contributed by atoms with Crippen LogP contribution >= 0.6 is 0 Å². The van der Waals surface area contributed by atoms with E-state index in [1.165, 1.54) is 0 Å². The molecule has 0 saturated heterocycles. The second-order valence-electron chi connectivity index (χ2n) is 4.76. The highest BCUT2D eigenvalue weighted by atomic mass is 16.1. The normalized spacial score (nSPS) is 28.7. The van der Waals surface area contributed by atoms with E-state index in [4.69, 9.17) is 11.5 Å². The van der Waals surface area contributed by atoms with E-state index in [2.05, 4.69) is 5.32 Å². The molecule has 1 aromatic rings. The number of carbonyl (C=O) groups excluding carboxylic acids is 1. The van der Waals surface area contributed by atoms with E-state index in [0.717, 1.165) is 19.3 Å². The zero-order chi connectivity index (χ0) is 12.3. The van der Waals surface area contributed by atoms with Gasteiger partial charge >= 0.3 is 0 Å². The van der Waals surface area contributed by atoms with Crippen LogP contribution < -0.4 is 16.8 Å². The first-order chi connectivity index (χ1) is 8.15. The van der Waals surface area contributed by atoms with E-state index >= 15 is 0 Å². The molecule has 0 heterocycles. The Hall–Kier alpha value is -1.39. The van der Waals surface area contributed by atoms with Gasteiger partial charge < -0.3 is 16.8 Å². The highest BCUT2D eigenvalue weighted by Crippen LogP contribution is 2.16. The van der Waals surface area contributed by atoms with Crippen molar-refractivity contribution in [2.24, 2.45) is 11.5 Å². The molecule has 0 radical (unpaired) electrons. The third-order valence-electron chi connectivity index (χ3n) is 3.15. The smallest absolute Gasteiger partial charge is 0.251 e. The lowest BCUT2D eigenvalue weighted by Gasteiger charge is -2.31. The van der Waals surface area contributed by atoms with Crippen LogP contribution in [0, 0.1) is 0 Å². The fourth-order valence-electron chi connectivity index (χ4n) is 2.38. The zero-order valence-corrected chi connectivity index (χ0v) is 9.80. The van der Waals surface area contributed by atoms with Gasteiger partial charge in [-0.05, 0) is 31.4 Å². The summed E-state index contributed by atoms with van der Waals surface area (Å²) in [4.78, 5) is 11.9. The lowest BCUT2D eigenvalue weighted by atomic mass is 9.88. The predicted molar refractivity (Wildman–Crippen MR) is 67.5 cm³/mol. The Morgan fingerprint density at radius 3 is 2.24 bits per heavy atom. The quantitative estimate of drug-likeness (QED) is 0.700. The van der Waals surface area contributed by atoms with E-state index in [9.17, 15) is 4.79 Å². The second kappa shape index (κ2) is 5.29. The Balaban J connectivity index is 1.95. The molecular formula is C13H19N3O. The van der Waals surface area contributed by atoms with Crippen molar-refractivity contribution in [2.75, 3.05) is 0 Å². The molecule has 2 rings (SSSR count). The minimum absolute atomic E-state index is 0.0445. The van der Waals surface area contributed by atoms with Crippen LogP contribution in [0.4, 0.5) is 0 Å². The predicted octanol–water partition coefficient (Wildman–Crippen LogP) is 0.624. The summed E-state index contributed by atoms with van der Waals surface area (Å²) in [5.74, 6) is -0.0445. The van der Waals surface area contributed by atoms with E-state index in [0.29, 0.717) is 5.56 Å². The summed E-state index contributed by atoms with van der Waals surface area (Å²) in [5, 5.41) is 3.00. The summed E-state index contributed by atoms with van der Waals surface area (Å²) in [7, 11) is 0. The molecule has 17 heavy (non-hydrogen) atoms. The molecule has 1 fully saturated rings. The fourth-order valence-corrected chi connectivity index (χ4v) is 2.38. The van der Waals surface area contributed by atoms with Crippen molar-refractivity contribution >= 4 is 5.91 Å². The van der Waals surface area contributed by atoms with Gasteiger partial charge in [0.05, 0.1) is 0 Å². The van der Waals surface area contributed by atoms with Gasteiger partial charge in [0, 0.05) is 23.7 Å². The number of rotatable bonds is 2. The molecule has 1 saturated carbocycles. The number of amides is 1. The van der Waals surface area contributed by atoms with Crippen LogP contribution in [0.3, 0.4) is 0 Å². The Kier molecular flexibility index (Phi) is 3.76. The molecule has 0 aromatic heterocycles. The van der Waals surface area contributed by atoms with Crippen LogP contribution in [0.1, 0.15) is 29.6 Å². The molecule has 2 atom stereocenters. The van der Waals surface area contributed by atoms with Gasteiger partial charge in [0.1, 0.15) is 0 Å². The zero-order valence-electron chi connectivity index (χ0n) is 9.80. The average Bonchev–Trinajstić information content (AvgIpc) is 2.28. The molecular weight excluding hydrogens is 214 g/mol. The minimum atomic E-state index is -0.0445. The lowest BCUT2D eigenvalue weighted by Crippen LogP contribution is -2.48. The number of carbonyl (C=O) groups is 1. The first-order valence-electron chi connectivity index (χ1n) is 6.02. The number of benzene rings is 1. The molecule has 0 spiro atoms. The van der Waals surface area contributed by atoms with Crippen LogP contribution in [0.25, 0.3) is 0 Å². The lowest BCUT2D eigenvalue weighted by molar-refractivity contribution is 0.0923. The van der Waals surface area contributed by atoms with Crippen molar-refractivity contribution in [1.82, 2.24) is 5.32 Å².